The van der Waals surface area contributed by atoms with Gasteiger partial charge in [0.05, 0.1) is 34.2 Å². The number of halogens is 3. The first-order chi connectivity index (χ1) is 20.3. The van der Waals surface area contributed by atoms with Gasteiger partial charge in [0, 0.05) is 0 Å². The number of benzene rings is 2. The summed E-state index contributed by atoms with van der Waals surface area (Å²) in [5.74, 6) is 0. The quantitative estimate of drug-likeness (QED) is 0.205. The molecule has 0 saturated heterocycles. The maximum atomic E-state index is 5.28. The van der Waals surface area contributed by atoms with Crippen molar-refractivity contribution in [1.29, 1.82) is 0 Å². The van der Waals surface area contributed by atoms with Crippen molar-refractivity contribution in [1.82, 2.24) is 4.98 Å². The second kappa shape index (κ2) is 25.2. The number of nitrogens with zero attached hydrogens (tertiary/aromatic N) is 3. The Bertz CT molecular complexity index is 1230. The summed E-state index contributed by atoms with van der Waals surface area (Å²) >= 11 is 0. The van der Waals surface area contributed by atoms with Gasteiger partial charge in [-0.2, -0.15) is 0 Å². The number of hydrogen-bond acceptors (Lipinski definition) is 3. The first kappa shape index (κ1) is 47.3. The number of hydrogen-bond donors (Lipinski definition) is 0. The van der Waals surface area contributed by atoms with E-state index in [0.717, 1.165) is 48.5 Å². The summed E-state index contributed by atoms with van der Waals surface area (Å²) in [5.41, 5.74) is 14.3. The van der Waals surface area contributed by atoms with E-state index in [-0.39, 0.29) is 78.1 Å². The molecule has 0 fully saturated rings. The Morgan fingerprint density at radius 1 is 0.543 bits per heavy atom. The Labute approximate surface area is 332 Å². The zero-order valence-electron chi connectivity index (χ0n) is 29.5. The summed E-state index contributed by atoms with van der Waals surface area (Å²) in [6.45, 7) is 17.7. The minimum Gasteiger partial charge on any atom is -1.00 e. The van der Waals surface area contributed by atoms with Gasteiger partial charge in [-0.1, -0.05) is 94.8 Å². The van der Waals surface area contributed by atoms with Crippen molar-refractivity contribution in [2.75, 3.05) is 0 Å². The van der Waals surface area contributed by atoms with Crippen molar-refractivity contribution in [2.24, 2.45) is 9.98 Å². The van der Waals surface area contributed by atoms with Gasteiger partial charge in [0.2, 0.25) is 0 Å². The van der Waals surface area contributed by atoms with Crippen LogP contribution in [0.15, 0.2) is 52.4 Å². The molecule has 1 aromatic heterocycles. The average molecular weight is 816 g/mol. The van der Waals surface area contributed by atoms with E-state index in [0.29, 0.717) is 0 Å². The van der Waals surface area contributed by atoms with Crippen molar-refractivity contribution in [3.8, 4) is 0 Å². The van der Waals surface area contributed by atoms with Gasteiger partial charge < -0.3 is 37.2 Å². The second-order valence-electron chi connectivity index (χ2n) is 12.1. The van der Waals surface area contributed by atoms with Gasteiger partial charge in [0.25, 0.3) is 0 Å². The molecule has 0 aliphatic heterocycles. The van der Waals surface area contributed by atoms with Gasteiger partial charge in [-0.25, -0.2) is 4.98 Å². The van der Waals surface area contributed by atoms with E-state index >= 15 is 0 Å². The van der Waals surface area contributed by atoms with Gasteiger partial charge in [-0.05, 0) is 113 Å². The van der Waals surface area contributed by atoms with Crippen LogP contribution in [0.1, 0.15) is 138 Å². The van der Waals surface area contributed by atoms with E-state index in [2.05, 4.69) is 97.9 Å². The molecule has 2 aromatic carbocycles. The van der Waals surface area contributed by atoms with Crippen LogP contribution in [-0.4, -0.2) is 16.4 Å². The molecule has 3 rings (SSSR count). The fourth-order valence-electron chi connectivity index (χ4n) is 5.67. The van der Waals surface area contributed by atoms with Crippen LogP contribution in [0.3, 0.4) is 0 Å². The molecule has 251 valence electrons. The maximum absolute atomic E-state index is 5.28. The number of aryl methyl sites for hydroxylation is 6. The molecule has 0 unspecified atom stereocenters. The Kier molecular flexibility index (Phi) is 25.9. The van der Waals surface area contributed by atoms with Crippen LogP contribution in [0.25, 0.3) is 0 Å². The molecule has 0 amide bonds. The number of aromatic nitrogens is 1. The normalized spacial score (nSPS) is 11.2. The maximum Gasteiger partial charge on any atom is 3.00 e. The summed E-state index contributed by atoms with van der Waals surface area (Å²) in [6, 6.07) is 15.6. The van der Waals surface area contributed by atoms with Gasteiger partial charge in [0.15, 0.2) is 0 Å². The molecule has 0 saturated carbocycles. The van der Waals surface area contributed by atoms with Crippen molar-refractivity contribution in [3.63, 3.8) is 0 Å². The Balaban J connectivity index is 0. The predicted molar refractivity (Wildman–Crippen MR) is 185 cm³/mol. The predicted octanol–water partition coefficient (Wildman–Crippen LogP) is 2.36. The van der Waals surface area contributed by atoms with Crippen molar-refractivity contribution in [3.05, 3.63) is 87.2 Å². The summed E-state index contributed by atoms with van der Waals surface area (Å²) < 4.78 is 0. The van der Waals surface area contributed by atoms with Crippen LogP contribution in [0.5, 0.6) is 0 Å². The van der Waals surface area contributed by atoms with Crippen LogP contribution in [0, 0.1) is 54.7 Å². The fourth-order valence-corrected chi connectivity index (χ4v) is 5.67. The van der Waals surface area contributed by atoms with Crippen molar-refractivity contribution in [2.45, 2.75) is 132 Å². The van der Waals surface area contributed by atoms with Gasteiger partial charge in [-0.15, -0.1) is 0 Å². The fraction of sp³-hybridized carbons (Fsp3) is 0.513. The van der Waals surface area contributed by atoms with Crippen LogP contribution < -0.4 is 37.2 Å². The summed E-state index contributed by atoms with van der Waals surface area (Å²) in [4.78, 5) is 15.7. The first-order valence-corrected chi connectivity index (χ1v) is 16.6. The summed E-state index contributed by atoms with van der Waals surface area (Å²) in [6.07, 6.45) is 13.7. The van der Waals surface area contributed by atoms with Crippen LogP contribution in [0.4, 0.5) is 11.4 Å². The van der Waals surface area contributed by atoms with E-state index in [1.54, 1.807) is 0 Å². The molecule has 0 atom stereocenters. The molecule has 0 aliphatic carbocycles. The minimum absolute atomic E-state index is 0. The first-order valence-electron chi connectivity index (χ1n) is 16.6. The minimum atomic E-state index is 0. The molecule has 3 nitrogen and oxygen atoms in total. The zero-order chi connectivity index (χ0) is 30.5. The summed E-state index contributed by atoms with van der Waals surface area (Å²) in [5, 5.41) is 0. The van der Waals surface area contributed by atoms with Crippen LogP contribution >= 0.6 is 0 Å². The number of pyridine rings is 1. The largest absolute Gasteiger partial charge is 3.00 e. The van der Waals surface area contributed by atoms with E-state index in [4.69, 9.17) is 15.0 Å². The van der Waals surface area contributed by atoms with Crippen molar-refractivity contribution >= 4 is 22.8 Å². The number of aliphatic imine (C=N–C) groups is 2. The second-order valence-corrected chi connectivity index (χ2v) is 12.1. The Morgan fingerprint density at radius 3 is 1.09 bits per heavy atom. The topological polar surface area (TPSA) is 37.6 Å². The molecule has 0 bridgehead atoms. The molecule has 0 N–H and O–H groups in total. The molecular formula is C39H55Cl3N3Nd. The SMILES string of the molecule is CCCCc1cc(C)cc(CCCC)c1N=C(C)c1cccc(C(C)=Nc2c(CCCC)cc(C)cc2CCCC)n1.[Cl-].[Cl-].[Cl-].[Nd+3]. The van der Waals surface area contributed by atoms with Crippen LogP contribution in [-0.2, 0) is 25.7 Å². The zero-order valence-corrected chi connectivity index (χ0v) is 35.0. The molecule has 3 aromatic rings. The smallest absolute Gasteiger partial charge is 1.00 e. The molecule has 7 heteroatoms. The van der Waals surface area contributed by atoms with Gasteiger partial charge in [0.1, 0.15) is 0 Å². The molecular weight excluding hydrogens is 761 g/mol. The Hall–Kier alpha value is -0.849. The van der Waals surface area contributed by atoms with Crippen LogP contribution in [0.2, 0.25) is 0 Å². The summed E-state index contributed by atoms with van der Waals surface area (Å²) in [7, 11) is 0. The van der Waals surface area contributed by atoms with E-state index in [1.807, 2.05) is 0 Å². The third kappa shape index (κ3) is 14.3. The van der Waals surface area contributed by atoms with Gasteiger partial charge in [-0.3, -0.25) is 9.98 Å². The monoisotopic (exact) mass is 812 g/mol. The Morgan fingerprint density at radius 2 is 0.826 bits per heavy atom. The standard InChI is InChI=1S/C39H55N3.3ClH.Nd/c1-9-13-18-32-24-28(5)25-33(19-14-10-2)38(32)40-30(7)36-22-17-23-37(42-36)31(8)41-39-34(20-15-11-3)26-29(6)27-35(39)21-16-12-4;;;;/h17,22-27H,9-16,18-21H2,1-8H3;3*1H;/q;;;;+3/p-3. The van der Waals surface area contributed by atoms with E-state index in [1.165, 1.54) is 96.1 Å². The third-order valence-electron chi connectivity index (χ3n) is 8.07. The number of rotatable bonds is 16. The van der Waals surface area contributed by atoms with E-state index < -0.39 is 0 Å². The molecule has 0 spiro atoms. The molecule has 1 heterocycles. The molecule has 1 radical (unpaired) electrons. The molecule has 0 aliphatic rings. The average Bonchev–Trinajstić information content (AvgIpc) is 2.98. The molecule has 46 heavy (non-hydrogen) atoms. The van der Waals surface area contributed by atoms with E-state index in [9.17, 15) is 0 Å². The third-order valence-corrected chi connectivity index (χ3v) is 8.07. The van der Waals surface area contributed by atoms with Crippen molar-refractivity contribution < 1.29 is 78.1 Å². The van der Waals surface area contributed by atoms with Gasteiger partial charge >= 0.3 is 40.8 Å². The number of unbranched alkanes of at least 4 members (excludes halogenated alkanes) is 4.